The van der Waals surface area contributed by atoms with Crippen LogP contribution < -0.4 is 9.80 Å². The zero-order valence-corrected chi connectivity index (χ0v) is 12.1. The van der Waals surface area contributed by atoms with Crippen molar-refractivity contribution in [2.45, 2.75) is 12.8 Å². The molecule has 4 nitrogen and oxygen atoms in total. The first-order valence-electron chi connectivity index (χ1n) is 7.74. The zero-order valence-electron chi connectivity index (χ0n) is 12.1. The lowest BCUT2D eigenvalue weighted by Crippen LogP contribution is -3.11. The molecule has 0 unspecified atom stereocenters. The van der Waals surface area contributed by atoms with E-state index in [9.17, 15) is 4.79 Å². The van der Waals surface area contributed by atoms with Crippen LogP contribution in [0.1, 0.15) is 12.8 Å². The van der Waals surface area contributed by atoms with E-state index in [1.807, 2.05) is 11.0 Å². The minimum atomic E-state index is 0.342. The topological polar surface area (TPSA) is 28.0 Å². The quantitative estimate of drug-likeness (QED) is 0.841. The SMILES string of the molecule is O=C(C[NH+]1CCCC1)N1CCN(c2ccccc2)CC1. The molecule has 0 aliphatic carbocycles. The standard InChI is InChI=1S/C16H23N3O/c20-16(14-17-8-4-5-9-17)19-12-10-18(11-13-19)15-6-2-1-3-7-15/h1-3,6-7H,4-5,8-14H2/p+1. The monoisotopic (exact) mass is 274 g/mol. The van der Waals surface area contributed by atoms with Crippen LogP contribution in [0.4, 0.5) is 5.69 Å². The first-order valence-corrected chi connectivity index (χ1v) is 7.74. The first-order chi connectivity index (χ1) is 9.83. The fourth-order valence-corrected chi connectivity index (χ4v) is 3.23. The van der Waals surface area contributed by atoms with Crippen LogP contribution >= 0.6 is 0 Å². The smallest absolute Gasteiger partial charge is 0.277 e. The van der Waals surface area contributed by atoms with Crippen LogP contribution in [-0.4, -0.2) is 56.6 Å². The number of rotatable bonds is 3. The van der Waals surface area contributed by atoms with Crippen LogP contribution in [0.15, 0.2) is 30.3 Å². The zero-order chi connectivity index (χ0) is 13.8. The Hall–Kier alpha value is -1.55. The lowest BCUT2D eigenvalue weighted by Gasteiger charge is -2.36. The van der Waals surface area contributed by atoms with Crippen molar-refractivity contribution in [1.82, 2.24) is 4.90 Å². The molecular weight excluding hydrogens is 250 g/mol. The number of nitrogens with one attached hydrogen (secondary N) is 1. The van der Waals surface area contributed by atoms with Gasteiger partial charge in [0.1, 0.15) is 0 Å². The maximum Gasteiger partial charge on any atom is 0.277 e. The number of nitrogens with zero attached hydrogens (tertiary/aromatic N) is 2. The highest BCUT2D eigenvalue weighted by atomic mass is 16.2. The van der Waals surface area contributed by atoms with Crippen molar-refractivity contribution >= 4 is 11.6 Å². The number of carbonyl (C=O) groups is 1. The number of amides is 1. The molecule has 0 atom stereocenters. The van der Waals surface area contributed by atoms with Crippen molar-refractivity contribution in [3.8, 4) is 0 Å². The summed E-state index contributed by atoms with van der Waals surface area (Å²) in [5.41, 5.74) is 1.27. The van der Waals surface area contributed by atoms with E-state index in [0.717, 1.165) is 26.2 Å². The number of likely N-dealkylation sites (tertiary alicyclic amines) is 1. The molecule has 4 heteroatoms. The van der Waals surface area contributed by atoms with Gasteiger partial charge in [-0.2, -0.15) is 0 Å². The molecule has 2 aliphatic rings. The molecule has 0 bridgehead atoms. The fraction of sp³-hybridized carbons (Fsp3) is 0.562. The summed E-state index contributed by atoms with van der Waals surface area (Å²) in [5.74, 6) is 0.342. The fourth-order valence-electron chi connectivity index (χ4n) is 3.23. The Kier molecular flexibility index (Phi) is 4.21. The second-order valence-corrected chi connectivity index (χ2v) is 5.84. The Labute approximate surface area is 121 Å². The van der Waals surface area contributed by atoms with Gasteiger partial charge in [0.2, 0.25) is 0 Å². The van der Waals surface area contributed by atoms with E-state index in [1.54, 1.807) is 0 Å². The summed E-state index contributed by atoms with van der Waals surface area (Å²) in [6.45, 7) is 6.68. The minimum absolute atomic E-state index is 0.342. The Morgan fingerprint density at radius 1 is 1.00 bits per heavy atom. The van der Waals surface area contributed by atoms with Gasteiger partial charge in [-0.25, -0.2) is 0 Å². The molecule has 1 amide bonds. The average molecular weight is 274 g/mol. The van der Waals surface area contributed by atoms with Crippen LogP contribution in [-0.2, 0) is 4.79 Å². The third-order valence-corrected chi connectivity index (χ3v) is 4.47. The van der Waals surface area contributed by atoms with E-state index in [1.165, 1.54) is 36.5 Å². The largest absolute Gasteiger partial charge is 0.368 e. The van der Waals surface area contributed by atoms with Crippen molar-refractivity contribution in [1.29, 1.82) is 0 Å². The summed E-state index contributed by atoms with van der Waals surface area (Å²) in [6, 6.07) is 10.5. The molecule has 108 valence electrons. The molecule has 20 heavy (non-hydrogen) atoms. The molecular formula is C16H24N3O+. The van der Waals surface area contributed by atoms with E-state index in [-0.39, 0.29) is 0 Å². The van der Waals surface area contributed by atoms with Gasteiger partial charge < -0.3 is 14.7 Å². The number of piperazine rings is 1. The van der Waals surface area contributed by atoms with Crippen LogP contribution in [0.5, 0.6) is 0 Å². The van der Waals surface area contributed by atoms with Gasteiger partial charge in [0, 0.05) is 44.7 Å². The highest BCUT2D eigenvalue weighted by Crippen LogP contribution is 2.15. The third-order valence-electron chi connectivity index (χ3n) is 4.47. The second-order valence-electron chi connectivity index (χ2n) is 5.84. The summed E-state index contributed by atoms with van der Waals surface area (Å²) in [5, 5.41) is 0. The van der Waals surface area contributed by atoms with Crippen molar-refractivity contribution in [2.75, 3.05) is 50.7 Å². The Morgan fingerprint density at radius 2 is 1.65 bits per heavy atom. The second kappa shape index (κ2) is 6.27. The molecule has 1 N–H and O–H groups in total. The van der Waals surface area contributed by atoms with Gasteiger partial charge in [-0.1, -0.05) is 18.2 Å². The number of para-hydroxylation sites is 1. The van der Waals surface area contributed by atoms with E-state index in [2.05, 4.69) is 29.2 Å². The lowest BCUT2D eigenvalue weighted by molar-refractivity contribution is -0.879. The first kappa shape index (κ1) is 13.4. The molecule has 3 rings (SSSR count). The Morgan fingerprint density at radius 3 is 2.30 bits per heavy atom. The molecule has 0 radical (unpaired) electrons. The van der Waals surface area contributed by atoms with E-state index in [4.69, 9.17) is 0 Å². The van der Waals surface area contributed by atoms with Gasteiger partial charge in [-0.3, -0.25) is 4.79 Å². The van der Waals surface area contributed by atoms with Crippen LogP contribution in [0.2, 0.25) is 0 Å². The normalized spacial score (nSPS) is 20.4. The summed E-state index contributed by atoms with van der Waals surface area (Å²) < 4.78 is 0. The summed E-state index contributed by atoms with van der Waals surface area (Å²) in [4.78, 5) is 18.2. The molecule has 2 aliphatic heterocycles. The molecule has 2 heterocycles. The van der Waals surface area contributed by atoms with Crippen LogP contribution in [0.3, 0.4) is 0 Å². The molecule has 0 aromatic heterocycles. The number of hydrogen-bond acceptors (Lipinski definition) is 2. The molecule has 0 saturated carbocycles. The van der Waals surface area contributed by atoms with Crippen molar-refractivity contribution in [2.24, 2.45) is 0 Å². The highest BCUT2D eigenvalue weighted by molar-refractivity contribution is 5.77. The molecule has 2 fully saturated rings. The third kappa shape index (κ3) is 3.12. The van der Waals surface area contributed by atoms with Crippen LogP contribution in [0, 0.1) is 0 Å². The highest BCUT2D eigenvalue weighted by Gasteiger charge is 2.25. The summed E-state index contributed by atoms with van der Waals surface area (Å²) in [7, 11) is 0. The molecule has 2 saturated heterocycles. The molecule has 0 spiro atoms. The van der Waals surface area contributed by atoms with Crippen molar-refractivity contribution in [3.63, 3.8) is 0 Å². The number of carbonyl (C=O) groups excluding carboxylic acids is 1. The molecule has 1 aromatic rings. The van der Waals surface area contributed by atoms with Gasteiger partial charge in [0.05, 0.1) is 13.1 Å². The van der Waals surface area contributed by atoms with Crippen molar-refractivity contribution in [3.05, 3.63) is 30.3 Å². The maximum absolute atomic E-state index is 12.3. The summed E-state index contributed by atoms with van der Waals surface area (Å²) in [6.07, 6.45) is 2.56. The van der Waals surface area contributed by atoms with E-state index in [0.29, 0.717) is 12.5 Å². The summed E-state index contributed by atoms with van der Waals surface area (Å²) >= 11 is 0. The Balaban J connectivity index is 1.49. The number of quaternary nitrogens is 1. The lowest BCUT2D eigenvalue weighted by atomic mass is 10.2. The van der Waals surface area contributed by atoms with E-state index >= 15 is 0 Å². The van der Waals surface area contributed by atoms with Gasteiger partial charge in [-0.05, 0) is 12.1 Å². The maximum atomic E-state index is 12.3. The van der Waals surface area contributed by atoms with Gasteiger partial charge >= 0.3 is 0 Å². The van der Waals surface area contributed by atoms with Gasteiger partial charge in [0.15, 0.2) is 6.54 Å². The number of anilines is 1. The number of benzene rings is 1. The number of hydrogen-bond donors (Lipinski definition) is 1. The average Bonchev–Trinajstić information content (AvgIpc) is 3.01. The van der Waals surface area contributed by atoms with Gasteiger partial charge in [-0.15, -0.1) is 0 Å². The predicted molar refractivity (Wildman–Crippen MR) is 80.0 cm³/mol. The minimum Gasteiger partial charge on any atom is -0.368 e. The van der Waals surface area contributed by atoms with Gasteiger partial charge in [0.25, 0.3) is 5.91 Å². The van der Waals surface area contributed by atoms with E-state index < -0.39 is 0 Å². The van der Waals surface area contributed by atoms with Crippen molar-refractivity contribution < 1.29 is 9.69 Å². The Bertz CT molecular complexity index is 434. The van der Waals surface area contributed by atoms with Crippen LogP contribution in [0.25, 0.3) is 0 Å². The predicted octanol–water partition coefficient (Wildman–Crippen LogP) is 0.0139. The molecule has 1 aromatic carbocycles.